The Morgan fingerprint density at radius 2 is 1.36 bits per heavy atom. The molecule has 0 spiro atoms. The molecule has 2 saturated heterocycles. The predicted molar refractivity (Wildman–Crippen MR) is 166 cm³/mol. The van der Waals surface area contributed by atoms with Crippen molar-refractivity contribution in [3.05, 3.63) is 0 Å². The lowest BCUT2D eigenvalue weighted by atomic mass is 9.84. The molecule has 2 heterocycles. The Bertz CT molecular complexity index is 1290. The Morgan fingerprint density at radius 1 is 0.720 bits per heavy atom. The number of rotatable bonds is 16. The molecule has 0 amide bonds. The summed E-state index contributed by atoms with van der Waals surface area (Å²) in [6.07, 6.45) is -4.72. The van der Waals surface area contributed by atoms with Crippen molar-refractivity contribution in [1.29, 1.82) is 0 Å². The maximum Gasteiger partial charge on any atom is 0.695 e. The number of ether oxygens (including phenoxy) is 7. The van der Waals surface area contributed by atoms with Crippen molar-refractivity contribution < 1.29 is 77.8 Å². The molecular weight excluding hydrogens is 683 g/mol. The van der Waals surface area contributed by atoms with Crippen LogP contribution in [0.2, 0.25) is 0 Å². The van der Waals surface area contributed by atoms with Crippen molar-refractivity contribution in [1.82, 2.24) is 0 Å². The minimum atomic E-state index is -2.70. The Labute approximate surface area is 291 Å². The van der Waals surface area contributed by atoms with Gasteiger partial charge < -0.3 is 63.8 Å². The van der Waals surface area contributed by atoms with Gasteiger partial charge >= 0.3 is 8.25 Å². The minimum absolute atomic E-state index is 0.0149. The molecule has 8 rings (SSSR count). The molecule has 0 radical (unpaired) electrons. The number of fused-ring (bicyclic) bond motifs is 4. The quantitative estimate of drug-likeness (QED) is 0.0980. The van der Waals surface area contributed by atoms with Crippen LogP contribution >= 0.6 is 8.25 Å². The van der Waals surface area contributed by atoms with Crippen LogP contribution in [0.3, 0.4) is 0 Å². The number of hydrogen-bond acceptors (Lipinski definition) is 15. The molecule has 6 aliphatic carbocycles. The van der Waals surface area contributed by atoms with E-state index in [0.717, 1.165) is 44.9 Å². The van der Waals surface area contributed by atoms with Crippen LogP contribution in [0.4, 0.5) is 0 Å². The molecule has 2 aliphatic heterocycles. The maximum atomic E-state index is 11.1. The van der Waals surface area contributed by atoms with Crippen LogP contribution in [-0.2, 0) is 42.2 Å². The molecule has 0 aromatic heterocycles. The van der Waals surface area contributed by atoms with Crippen LogP contribution in [0.15, 0.2) is 0 Å². The summed E-state index contributed by atoms with van der Waals surface area (Å²) in [4.78, 5) is 9.07. The zero-order chi connectivity index (χ0) is 35.3. The van der Waals surface area contributed by atoms with E-state index in [-0.39, 0.29) is 53.7 Å². The highest BCUT2D eigenvalue weighted by atomic mass is 31.1. The van der Waals surface area contributed by atoms with E-state index in [1.54, 1.807) is 7.11 Å². The number of methoxy groups -OCH3 is 1. The Hall–Kier alpha value is -0.500. The van der Waals surface area contributed by atoms with E-state index in [1.807, 2.05) is 0 Å². The lowest BCUT2D eigenvalue weighted by Crippen LogP contribution is -2.60. The fraction of sp³-hybridized carbons (Fsp3) is 1.00. The Kier molecular flexibility index (Phi) is 9.53. The lowest BCUT2D eigenvalue weighted by molar-refractivity contribution is -0.316. The third-order valence-corrected chi connectivity index (χ3v) is 14.2. The molecule has 16 unspecified atom stereocenters. The van der Waals surface area contributed by atoms with E-state index in [4.69, 9.17) is 42.6 Å². The van der Waals surface area contributed by atoms with E-state index in [0.29, 0.717) is 32.5 Å². The largest absolute Gasteiger partial charge is 0.695 e. The van der Waals surface area contributed by atoms with E-state index < -0.39 is 75.3 Å². The van der Waals surface area contributed by atoms with Crippen molar-refractivity contribution in [2.24, 2.45) is 22.2 Å². The first-order chi connectivity index (χ1) is 23.8. The standard InChI is InChI=1S/C33H51O16P/c1-42-32-5-2-4-30(32,11-32)16-45-27-25(38)23(36)21(34)19(47-27)9-43-14-29-6-3-17(7-29)18(8-29)46-28-26(39)24(37)22(35)20(48-28)10-44-15-31-12-33(31,13-31)49-50(40)41/h17-28,34-39H,2-16H2,1H3/p+1. The van der Waals surface area contributed by atoms with Crippen molar-refractivity contribution in [3.8, 4) is 0 Å². The second-order valence-electron chi connectivity index (χ2n) is 16.7. The summed E-state index contributed by atoms with van der Waals surface area (Å²) in [7, 11) is -0.983. The summed E-state index contributed by atoms with van der Waals surface area (Å²) in [6, 6.07) is 0. The van der Waals surface area contributed by atoms with Gasteiger partial charge in [-0.15, -0.1) is 9.42 Å². The van der Waals surface area contributed by atoms with Gasteiger partial charge in [0.05, 0.1) is 44.7 Å². The molecule has 17 heteroatoms. The van der Waals surface area contributed by atoms with Gasteiger partial charge in [0.25, 0.3) is 0 Å². The number of aliphatic hydroxyl groups excluding tert-OH is 6. The van der Waals surface area contributed by atoms with Crippen molar-refractivity contribution in [2.75, 3.05) is 40.1 Å². The highest BCUT2D eigenvalue weighted by Gasteiger charge is 2.89. The predicted octanol–water partition coefficient (Wildman–Crippen LogP) is -0.615. The lowest BCUT2D eigenvalue weighted by Gasteiger charge is -2.42. The van der Waals surface area contributed by atoms with Gasteiger partial charge in [-0.25, -0.2) is 0 Å². The first-order valence-electron chi connectivity index (χ1n) is 18.0. The normalized spacial score (nSPS) is 54.8. The van der Waals surface area contributed by atoms with Crippen molar-refractivity contribution in [3.63, 3.8) is 0 Å². The summed E-state index contributed by atoms with van der Waals surface area (Å²) >= 11 is 0. The topological polar surface area (TPSA) is 233 Å². The van der Waals surface area contributed by atoms with Gasteiger partial charge in [-0.05, 0) is 75.5 Å². The van der Waals surface area contributed by atoms with Crippen LogP contribution in [0, 0.1) is 22.2 Å². The highest BCUT2D eigenvalue weighted by molar-refractivity contribution is 7.32. The molecular formula is C33H52O16P+. The third kappa shape index (κ3) is 6.12. The second-order valence-corrected chi connectivity index (χ2v) is 17.4. The van der Waals surface area contributed by atoms with Crippen LogP contribution in [0.25, 0.3) is 0 Å². The maximum absolute atomic E-state index is 11.1. The van der Waals surface area contributed by atoms with E-state index in [2.05, 4.69) is 0 Å². The smallest absolute Gasteiger partial charge is 0.387 e. The monoisotopic (exact) mass is 735 g/mol. The average Bonchev–Trinajstić information content (AvgIpc) is 3.86. The minimum Gasteiger partial charge on any atom is -0.387 e. The Morgan fingerprint density at radius 3 is 2.02 bits per heavy atom. The molecule has 16 atom stereocenters. The molecule has 7 N–H and O–H groups in total. The summed E-state index contributed by atoms with van der Waals surface area (Å²) in [5, 5.41) is 63.8. The Balaban J connectivity index is 0.806. The van der Waals surface area contributed by atoms with Gasteiger partial charge in [-0.2, -0.15) is 0 Å². The van der Waals surface area contributed by atoms with Gasteiger partial charge in [-0.3, -0.25) is 0 Å². The molecule has 8 aliphatic rings. The SMILES string of the molecule is COC12CCCC1(COC1OC(COCC34CCC(C3)C(OC3OC(COCC56CC5(O[P+](=O)O)C6)C(O)C(O)C3O)C4)C(O)C(O)C1O)C2. The van der Waals surface area contributed by atoms with Crippen molar-refractivity contribution >= 4 is 8.25 Å². The summed E-state index contributed by atoms with van der Waals surface area (Å²) < 4.78 is 58.0. The van der Waals surface area contributed by atoms with Crippen LogP contribution in [0.1, 0.15) is 64.2 Å². The molecule has 16 nitrogen and oxygen atoms in total. The van der Waals surface area contributed by atoms with E-state index >= 15 is 0 Å². The van der Waals surface area contributed by atoms with E-state index in [1.165, 1.54) is 0 Å². The summed E-state index contributed by atoms with van der Waals surface area (Å²) in [6.45, 7) is 0.857. The molecule has 2 bridgehead atoms. The van der Waals surface area contributed by atoms with Gasteiger partial charge in [0, 0.05) is 22.5 Å². The molecule has 50 heavy (non-hydrogen) atoms. The van der Waals surface area contributed by atoms with Gasteiger partial charge in [0.1, 0.15) is 54.4 Å². The van der Waals surface area contributed by atoms with E-state index in [9.17, 15) is 35.2 Å². The van der Waals surface area contributed by atoms with Crippen LogP contribution in [0.5, 0.6) is 0 Å². The van der Waals surface area contributed by atoms with Gasteiger partial charge in [0.15, 0.2) is 12.6 Å². The summed E-state index contributed by atoms with van der Waals surface area (Å²) in [5.74, 6) is 0.172. The molecule has 284 valence electrons. The molecule has 8 fully saturated rings. The van der Waals surface area contributed by atoms with Gasteiger partial charge in [0.2, 0.25) is 0 Å². The fourth-order valence-electron chi connectivity index (χ4n) is 10.3. The highest BCUT2D eigenvalue weighted by Crippen LogP contribution is 2.82. The zero-order valence-electron chi connectivity index (χ0n) is 28.3. The van der Waals surface area contributed by atoms with Gasteiger partial charge in [-0.1, -0.05) is 0 Å². The summed E-state index contributed by atoms with van der Waals surface area (Å²) in [5.41, 5.74) is -1.41. The molecule has 0 aromatic carbocycles. The first kappa shape index (κ1) is 36.5. The van der Waals surface area contributed by atoms with Crippen molar-refractivity contribution in [2.45, 2.75) is 143 Å². The number of hydrogen-bond donors (Lipinski definition) is 7. The third-order valence-electron chi connectivity index (χ3n) is 13.7. The number of aliphatic hydroxyl groups is 6. The first-order valence-corrected chi connectivity index (χ1v) is 19.1. The van der Waals surface area contributed by atoms with Crippen LogP contribution < -0.4 is 0 Å². The average molecular weight is 736 g/mol. The molecule has 0 aromatic rings. The second kappa shape index (κ2) is 13.1. The zero-order valence-corrected chi connectivity index (χ0v) is 29.2. The fourth-order valence-corrected chi connectivity index (χ4v) is 10.9. The van der Waals surface area contributed by atoms with Crippen LogP contribution in [-0.4, -0.2) is 154 Å². The molecule has 6 saturated carbocycles.